The van der Waals surface area contributed by atoms with Crippen LogP contribution in [0.1, 0.15) is 51.5 Å². The smallest absolute Gasteiger partial charge is 0.161 e. The molecular formula is C18H29NO2. The molecule has 1 aliphatic carbocycles. The van der Waals surface area contributed by atoms with Gasteiger partial charge in [-0.1, -0.05) is 25.8 Å². The summed E-state index contributed by atoms with van der Waals surface area (Å²) in [5.41, 5.74) is 7.57. The summed E-state index contributed by atoms with van der Waals surface area (Å²) in [6.07, 6.45) is 7.07. The molecule has 2 unspecified atom stereocenters. The van der Waals surface area contributed by atoms with Crippen molar-refractivity contribution in [2.45, 2.75) is 58.4 Å². The normalized spacial score (nSPS) is 22.0. The zero-order chi connectivity index (χ0) is 15.1. The minimum atomic E-state index is 0.352. The largest absolute Gasteiger partial charge is 0.490 e. The molecule has 0 saturated heterocycles. The molecule has 118 valence electrons. The molecule has 0 bridgehead atoms. The highest BCUT2D eigenvalue weighted by Crippen LogP contribution is 2.32. The summed E-state index contributed by atoms with van der Waals surface area (Å²) in [4.78, 5) is 0. The zero-order valence-corrected chi connectivity index (χ0v) is 13.4. The summed E-state index contributed by atoms with van der Waals surface area (Å²) < 4.78 is 11.5. The topological polar surface area (TPSA) is 44.5 Å². The molecule has 0 amide bonds. The Morgan fingerprint density at radius 3 is 2.62 bits per heavy atom. The molecule has 1 aromatic carbocycles. The first-order valence-corrected chi connectivity index (χ1v) is 8.38. The van der Waals surface area contributed by atoms with Crippen LogP contribution in [0.4, 0.5) is 0 Å². The Labute approximate surface area is 128 Å². The SMILES string of the molecule is CCCOc1ccc(CC2CCCCC2N)cc1OCC. The van der Waals surface area contributed by atoms with E-state index in [1.807, 2.05) is 13.0 Å². The van der Waals surface area contributed by atoms with Crippen molar-refractivity contribution in [1.82, 2.24) is 0 Å². The standard InChI is InChI=1S/C18H29NO2/c1-3-11-21-17-10-9-14(13-18(17)20-4-2)12-15-7-5-6-8-16(15)19/h9-10,13,15-16H,3-8,11-12,19H2,1-2H3. The van der Waals surface area contributed by atoms with Crippen LogP contribution in [-0.4, -0.2) is 19.3 Å². The highest BCUT2D eigenvalue weighted by molar-refractivity contribution is 5.43. The minimum Gasteiger partial charge on any atom is -0.490 e. The lowest BCUT2D eigenvalue weighted by molar-refractivity contribution is 0.275. The van der Waals surface area contributed by atoms with Gasteiger partial charge in [-0.05, 0) is 56.2 Å². The van der Waals surface area contributed by atoms with Crippen LogP contribution in [0.2, 0.25) is 0 Å². The molecule has 1 fully saturated rings. The average molecular weight is 291 g/mol. The Morgan fingerprint density at radius 1 is 1.10 bits per heavy atom. The summed E-state index contributed by atoms with van der Waals surface area (Å²) in [7, 11) is 0. The third-order valence-electron chi connectivity index (χ3n) is 4.24. The molecule has 2 N–H and O–H groups in total. The second-order valence-electron chi connectivity index (χ2n) is 5.98. The fourth-order valence-corrected chi connectivity index (χ4v) is 3.07. The summed E-state index contributed by atoms with van der Waals surface area (Å²) in [6, 6.07) is 6.69. The van der Waals surface area contributed by atoms with Gasteiger partial charge >= 0.3 is 0 Å². The van der Waals surface area contributed by atoms with Crippen LogP contribution in [0.5, 0.6) is 11.5 Å². The maximum absolute atomic E-state index is 6.26. The molecule has 1 aromatic rings. The number of nitrogens with two attached hydrogens (primary N) is 1. The summed E-state index contributed by atoms with van der Waals surface area (Å²) >= 11 is 0. The van der Waals surface area contributed by atoms with Crippen molar-refractivity contribution in [2.75, 3.05) is 13.2 Å². The van der Waals surface area contributed by atoms with Gasteiger partial charge in [0.15, 0.2) is 11.5 Å². The molecule has 21 heavy (non-hydrogen) atoms. The fourth-order valence-electron chi connectivity index (χ4n) is 3.07. The molecule has 0 spiro atoms. The molecule has 0 radical (unpaired) electrons. The Balaban J connectivity index is 2.07. The van der Waals surface area contributed by atoms with Gasteiger partial charge in [-0.15, -0.1) is 0 Å². The fraction of sp³-hybridized carbons (Fsp3) is 0.667. The van der Waals surface area contributed by atoms with Gasteiger partial charge in [0.05, 0.1) is 13.2 Å². The number of hydrogen-bond donors (Lipinski definition) is 1. The van der Waals surface area contributed by atoms with E-state index in [-0.39, 0.29) is 0 Å². The number of ether oxygens (including phenoxy) is 2. The molecule has 2 rings (SSSR count). The maximum atomic E-state index is 6.26. The lowest BCUT2D eigenvalue weighted by Crippen LogP contribution is -2.34. The number of benzene rings is 1. The second-order valence-corrected chi connectivity index (χ2v) is 5.98. The van der Waals surface area contributed by atoms with Crippen LogP contribution in [0.25, 0.3) is 0 Å². The average Bonchev–Trinajstić information content (AvgIpc) is 2.49. The molecule has 1 aliphatic rings. The summed E-state index contributed by atoms with van der Waals surface area (Å²) in [6.45, 7) is 5.51. The molecule has 0 aromatic heterocycles. The summed E-state index contributed by atoms with van der Waals surface area (Å²) in [5.74, 6) is 2.33. The van der Waals surface area contributed by atoms with Crippen molar-refractivity contribution in [3.63, 3.8) is 0 Å². The molecular weight excluding hydrogens is 262 g/mol. The molecule has 3 heteroatoms. The van der Waals surface area contributed by atoms with Gasteiger partial charge < -0.3 is 15.2 Å². The zero-order valence-electron chi connectivity index (χ0n) is 13.4. The Hall–Kier alpha value is -1.22. The van der Waals surface area contributed by atoms with E-state index in [9.17, 15) is 0 Å². The molecule has 3 nitrogen and oxygen atoms in total. The van der Waals surface area contributed by atoms with Crippen LogP contribution in [0, 0.1) is 5.92 Å². The monoisotopic (exact) mass is 291 g/mol. The van der Waals surface area contributed by atoms with E-state index in [0.29, 0.717) is 18.6 Å². The van der Waals surface area contributed by atoms with Crippen LogP contribution in [-0.2, 0) is 6.42 Å². The first-order chi connectivity index (χ1) is 10.2. The van der Waals surface area contributed by atoms with Gasteiger partial charge in [-0.2, -0.15) is 0 Å². The number of hydrogen-bond acceptors (Lipinski definition) is 3. The van der Waals surface area contributed by atoms with E-state index in [2.05, 4.69) is 19.1 Å². The lowest BCUT2D eigenvalue weighted by Gasteiger charge is -2.28. The minimum absolute atomic E-state index is 0.352. The quantitative estimate of drug-likeness (QED) is 0.827. The molecule has 0 aliphatic heterocycles. The lowest BCUT2D eigenvalue weighted by atomic mass is 9.81. The molecule has 0 heterocycles. The first-order valence-electron chi connectivity index (χ1n) is 8.38. The van der Waals surface area contributed by atoms with Crippen molar-refractivity contribution in [3.8, 4) is 11.5 Å². The highest BCUT2D eigenvalue weighted by atomic mass is 16.5. The van der Waals surface area contributed by atoms with Crippen LogP contribution in [0.15, 0.2) is 18.2 Å². The van der Waals surface area contributed by atoms with E-state index in [1.54, 1.807) is 0 Å². The van der Waals surface area contributed by atoms with Gasteiger partial charge in [-0.25, -0.2) is 0 Å². The third kappa shape index (κ3) is 4.63. The van der Waals surface area contributed by atoms with Gasteiger partial charge in [0.1, 0.15) is 0 Å². The first kappa shape index (κ1) is 16.2. The van der Waals surface area contributed by atoms with Gasteiger partial charge in [0.2, 0.25) is 0 Å². The van der Waals surface area contributed by atoms with Crippen molar-refractivity contribution in [1.29, 1.82) is 0 Å². The number of rotatable bonds is 7. The van der Waals surface area contributed by atoms with Gasteiger partial charge in [0.25, 0.3) is 0 Å². The van der Waals surface area contributed by atoms with E-state index in [4.69, 9.17) is 15.2 Å². The third-order valence-corrected chi connectivity index (χ3v) is 4.24. The van der Waals surface area contributed by atoms with Crippen molar-refractivity contribution >= 4 is 0 Å². The van der Waals surface area contributed by atoms with Crippen LogP contribution < -0.4 is 15.2 Å². The highest BCUT2D eigenvalue weighted by Gasteiger charge is 2.22. The van der Waals surface area contributed by atoms with E-state index in [1.165, 1.54) is 31.2 Å². The van der Waals surface area contributed by atoms with E-state index >= 15 is 0 Å². The Bertz CT molecular complexity index is 433. The second kappa shape index (κ2) is 8.28. The predicted molar refractivity (Wildman–Crippen MR) is 87.0 cm³/mol. The molecule has 1 saturated carbocycles. The van der Waals surface area contributed by atoms with Crippen molar-refractivity contribution in [2.24, 2.45) is 11.7 Å². The molecule has 2 atom stereocenters. The van der Waals surface area contributed by atoms with Gasteiger partial charge in [0, 0.05) is 6.04 Å². The van der Waals surface area contributed by atoms with E-state index < -0.39 is 0 Å². The maximum Gasteiger partial charge on any atom is 0.161 e. The van der Waals surface area contributed by atoms with Crippen LogP contribution in [0.3, 0.4) is 0 Å². The van der Waals surface area contributed by atoms with E-state index in [0.717, 1.165) is 30.9 Å². The Morgan fingerprint density at radius 2 is 1.90 bits per heavy atom. The van der Waals surface area contributed by atoms with Crippen LogP contribution >= 0.6 is 0 Å². The predicted octanol–water partition coefficient (Wildman–Crippen LogP) is 3.93. The van der Waals surface area contributed by atoms with Gasteiger partial charge in [-0.3, -0.25) is 0 Å². The van der Waals surface area contributed by atoms with Crippen molar-refractivity contribution < 1.29 is 9.47 Å². The van der Waals surface area contributed by atoms with Crippen molar-refractivity contribution in [3.05, 3.63) is 23.8 Å². The Kier molecular flexibility index (Phi) is 6.37. The summed E-state index contributed by atoms with van der Waals surface area (Å²) in [5, 5.41) is 0.